The molecule has 3 rings (SSSR count). The molecule has 104 valence electrons. The molecule has 3 heterocycles. The van der Waals surface area contributed by atoms with Crippen molar-refractivity contribution in [2.45, 2.75) is 25.3 Å². The van der Waals surface area contributed by atoms with Crippen molar-refractivity contribution in [3.63, 3.8) is 0 Å². The van der Waals surface area contributed by atoms with E-state index in [-0.39, 0.29) is 11.9 Å². The fraction of sp³-hybridized carbons (Fsp3) is 0.357. The van der Waals surface area contributed by atoms with Gasteiger partial charge in [-0.3, -0.25) is 9.78 Å². The first-order valence-electron chi connectivity index (χ1n) is 6.63. The number of aromatic nitrogens is 2. The average molecular weight is 288 g/mol. The van der Waals surface area contributed by atoms with Crippen molar-refractivity contribution in [2.24, 2.45) is 0 Å². The molecule has 0 bridgehead atoms. The minimum Gasteiger partial charge on any atom is -0.375 e. The summed E-state index contributed by atoms with van der Waals surface area (Å²) in [6, 6.07) is 4.13. The number of pyridine rings is 1. The van der Waals surface area contributed by atoms with Crippen molar-refractivity contribution < 1.29 is 4.79 Å². The van der Waals surface area contributed by atoms with E-state index in [1.807, 2.05) is 22.4 Å². The summed E-state index contributed by atoms with van der Waals surface area (Å²) in [6.45, 7) is 0.811. The lowest BCUT2D eigenvalue weighted by molar-refractivity contribution is -0.131. The zero-order valence-electron chi connectivity index (χ0n) is 11.0. The number of rotatable bonds is 3. The molecule has 1 fully saturated rings. The Morgan fingerprint density at radius 3 is 2.95 bits per heavy atom. The van der Waals surface area contributed by atoms with Crippen LogP contribution in [0.2, 0.25) is 0 Å². The minimum atomic E-state index is 0.120. The van der Waals surface area contributed by atoms with Crippen molar-refractivity contribution in [3.05, 3.63) is 41.2 Å². The molecule has 1 unspecified atom stereocenters. The van der Waals surface area contributed by atoms with E-state index < -0.39 is 0 Å². The maximum Gasteiger partial charge on any atom is 0.229 e. The number of anilines is 1. The van der Waals surface area contributed by atoms with Crippen LogP contribution in [0.25, 0.3) is 0 Å². The van der Waals surface area contributed by atoms with Gasteiger partial charge in [-0.05, 0) is 30.5 Å². The lowest BCUT2D eigenvalue weighted by atomic mass is 10.1. The van der Waals surface area contributed by atoms with Crippen LogP contribution in [-0.2, 0) is 11.2 Å². The Labute approximate surface area is 121 Å². The summed E-state index contributed by atoms with van der Waals surface area (Å²) in [6.07, 6.45) is 5.93. The molecule has 0 spiro atoms. The monoisotopic (exact) mass is 288 g/mol. The van der Waals surface area contributed by atoms with Gasteiger partial charge in [-0.1, -0.05) is 0 Å². The van der Waals surface area contributed by atoms with Gasteiger partial charge < -0.3 is 10.6 Å². The fourth-order valence-electron chi connectivity index (χ4n) is 2.66. The van der Waals surface area contributed by atoms with Crippen LogP contribution in [-0.4, -0.2) is 27.3 Å². The maximum atomic E-state index is 12.4. The zero-order valence-corrected chi connectivity index (χ0v) is 11.8. The third kappa shape index (κ3) is 2.65. The van der Waals surface area contributed by atoms with E-state index in [4.69, 9.17) is 5.73 Å². The second-order valence-corrected chi connectivity index (χ2v) is 5.77. The maximum absolute atomic E-state index is 12.4. The third-order valence-electron chi connectivity index (χ3n) is 3.57. The van der Waals surface area contributed by atoms with E-state index in [0.29, 0.717) is 11.6 Å². The lowest BCUT2D eigenvalue weighted by Gasteiger charge is -2.24. The van der Waals surface area contributed by atoms with E-state index in [1.165, 1.54) is 11.3 Å². The van der Waals surface area contributed by atoms with Crippen molar-refractivity contribution in [1.29, 1.82) is 0 Å². The summed E-state index contributed by atoms with van der Waals surface area (Å²) < 4.78 is 0. The van der Waals surface area contributed by atoms with Gasteiger partial charge in [-0.25, -0.2) is 4.98 Å². The Morgan fingerprint density at radius 1 is 1.45 bits per heavy atom. The first-order chi connectivity index (χ1) is 9.74. The van der Waals surface area contributed by atoms with E-state index in [9.17, 15) is 4.79 Å². The average Bonchev–Trinajstić information content (AvgIpc) is 3.09. The van der Waals surface area contributed by atoms with E-state index in [0.717, 1.165) is 30.6 Å². The topological polar surface area (TPSA) is 72.1 Å². The smallest absolute Gasteiger partial charge is 0.229 e. The van der Waals surface area contributed by atoms with Crippen LogP contribution in [0, 0.1) is 0 Å². The number of carbonyl (C=O) groups is 1. The van der Waals surface area contributed by atoms with E-state index >= 15 is 0 Å². The van der Waals surface area contributed by atoms with Crippen LogP contribution in [0.5, 0.6) is 0 Å². The SMILES string of the molecule is Nc1nc(CC(=O)N2CCCC2c2ccncc2)cs1. The summed E-state index contributed by atoms with van der Waals surface area (Å²) >= 11 is 1.37. The number of nitrogen functional groups attached to an aromatic ring is 1. The minimum absolute atomic E-state index is 0.120. The Kier molecular flexibility index (Phi) is 3.64. The summed E-state index contributed by atoms with van der Waals surface area (Å²) in [5.74, 6) is 0.120. The van der Waals surface area contributed by atoms with Crippen LogP contribution in [0.3, 0.4) is 0 Å². The Balaban J connectivity index is 1.73. The molecule has 1 aliphatic rings. The molecule has 2 N–H and O–H groups in total. The van der Waals surface area contributed by atoms with Crippen molar-refractivity contribution in [2.75, 3.05) is 12.3 Å². The number of carbonyl (C=O) groups excluding carboxylic acids is 1. The molecular weight excluding hydrogens is 272 g/mol. The van der Waals surface area contributed by atoms with Crippen molar-refractivity contribution >= 4 is 22.4 Å². The molecule has 2 aromatic rings. The molecule has 1 atom stereocenters. The molecule has 1 aliphatic heterocycles. The molecule has 0 aromatic carbocycles. The number of nitrogens with two attached hydrogens (primary N) is 1. The summed E-state index contributed by atoms with van der Waals surface area (Å²) in [5.41, 5.74) is 7.52. The number of amides is 1. The predicted molar refractivity (Wildman–Crippen MR) is 78.2 cm³/mol. The van der Waals surface area contributed by atoms with Gasteiger partial charge in [0.2, 0.25) is 5.91 Å². The van der Waals surface area contributed by atoms with Gasteiger partial charge in [0.05, 0.1) is 18.2 Å². The second kappa shape index (κ2) is 5.58. The highest BCUT2D eigenvalue weighted by Gasteiger charge is 2.29. The molecule has 2 aromatic heterocycles. The number of nitrogens with zero attached hydrogens (tertiary/aromatic N) is 3. The highest BCUT2D eigenvalue weighted by atomic mass is 32.1. The highest BCUT2D eigenvalue weighted by Crippen LogP contribution is 2.32. The van der Waals surface area contributed by atoms with E-state index in [2.05, 4.69) is 9.97 Å². The summed E-state index contributed by atoms with van der Waals surface area (Å²) in [7, 11) is 0. The first kappa shape index (κ1) is 13.1. The largest absolute Gasteiger partial charge is 0.375 e. The molecule has 0 aliphatic carbocycles. The third-order valence-corrected chi connectivity index (χ3v) is 4.29. The Morgan fingerprint density at radius 2 is 2.25 bits per heavy atom. The molecular formula is C14H16N4OS. The number of thiazole rings is 1. The fourth-order valence-corrected chi connectivity index (χ4v) is 3.22. The highest BCUT2D eigenvalue weighted by molar-refractivity contribution is 7.13. The van der Waals surface area contributed by atoms with Crippen LogP contribution in [0.4, 0.5) is 5.13 Å². The normalized spacial score (nSPS) is 18.4. The summed E-state index contributed by atoms with van der Waals surface area (Å²) in [4.78, 5) is 22.6. The van der Waals surface area contributed by atoms with Gasteiger partial charge in [-0.15, -0.1) is 11.3 Å². The van der Waals surface area contributed by atoms with Crippen LogP contribution in [0.1, 0.15) is 30.1 Å². The van der Waals surface area contributed by atoms with Crippen molar-refractivity contribution in [3.8, 4) is 0 Å². The van der Waals surface area contributed by atoms with Crippen LogP contribution in [0.15, 0.2) is 29.9 Å². The van der Waals surface area contributed by atoms with E-state index in [1.54, 1.807) is 12.4 Å². The van der Waals surface area contributed by atoms with Gasteiger partial charge in [0.1, 0.15) is 0 Å². The predicted octanol–water partition coefficient (Wildman–Crippen LogP) is 2.03. The van der Waals surface area contributed by atoms with Gasteiger partial charge in [0.15, 0.2) is 5.13 Å². The number of hydrogen-bond acceptors (Lipinski definition) is 5. The molecule has 6 heteroatoms. The molecule has 1 amide bonds. The second-order valence-electron chi connectivity index (χ2n) is 4.88. The number of hydrogen-bond donors (Lipinski definition) is 1. The number of likely N-dealkylation sites (tertiary alicyclic amines) is 1. The van der Waals surface area contributed by atoms with Crippen LogP contribution < -0.4 is 5.73 Å². The molecule has 5 nitrogen and oxygen atoms in total. The quantitative estimate of drug-likeness (QED) is 0.938. The van der Waals surface area contributed by atoms with Crippen LogP contribution >= 0.6 is 11.3 Å². The van der Waals surface area contributed by atoms with Gasteiger partial charge in [0.25, 0.3) is 0 Å². The standard InChI is InChI=1S/C14H16N4OS/c15-14-17-11(9-20-14)8-13(19)18-7-1-2-12(18)10-3-5-16-6-4-10/h3-6,9,12H,1-2,7-8H2,(H2,15,17). The molecule has 0 saturated carbocycles. The Bertz CT molecular complexity index is 598. The molecule has 0 radical (unpaired) electrons. The zero-order chi connectivity index (χ0) is 13.9. The molecule has 20 heavy (non-hydrogen) atoms. The first-order valence-corrected chi connectivity index (χ1v) is 7.51. The van der Waals surface area contributed by atoms with Gasteiger partial charge in [0, 0.05) is 24.3 Å². The lowest BCUT2D eigenvalue weighted by Crippen LogP contribution is -2.31. The van der Waals surface area contributed by atoms with Gasteiger partial charge in [-0.2, -0.15) is 0 Å². The van der Waals surface area contributed by atoms with Gasteiger partial charge >= 0.3 is 0 Å². The van der Waals surface area contributed by atoms with Crippen molar-refractivity contribution in [1.82, 2.24) is 14.9 Å². The summed E-state index contributed by atoms with van der Waals surface area (Å²) in [5, 5.41) is 2.37. The molecule has 1 saturated heterocycles. The Hall–Kier alpha value is -1.95.